The summed E-state index contributed by atoms with van der Waals surface area (Å²) in [5.74, 6) is 0.894. The quantitative estimate of drug-likeness (QED) is 0.769. The van der Waals surface area contributed by atoms with E-state index in [-0.39, 0.29) is 0 Å². The summed E-state index contributed by atoms with van der Waals surface area (Å²) in [6.07, 6.45) is 3.76. The van der Waals surface area contributed by atoms with Crippen molar-refractivity contribution in [2.45, 2.75) is 13.1 Å². The van der Waals surface area contributed by atoms with Gasteiger partial charge in [-0.05, 0) is 23.8 Å². The van der Waals surface area contributed by atoms with Crippen LogP contribution in [0.3, 0.4) is 0 Å². The van der Waals surface area contributed by atoms with E-state index in [1.807, 2.05) is 29.1 Å². The van der Waals surface area contributed by atoms with Crippen LogP contribution in [0, 0.1) is 0 Å². The topological polar surface area (TPSA) is 39.1 Å². The summed E-state index contributed by atoms with van der Waals surface area (Å²) in [5.41, 5.74) is 1.26. The Morgan fingerprint density at radius 2 is 2.12 bits per heavy atom. The lowest BCUT2D eigenvalue weighted by Crippen LogP contribution is -2.19. The molecule has 0 atom stereocenters. The molecule has 90 valence electrons. The van der Waals surface area contributed by atoms with E-state index in [1.54, 1.807) is 13.3 Å². The van der Waals surface area contributed by atoms with Crippen molar-refractivity contribution in [2.75, 3.05) is 13.7 Å². The van der Waals surface area contributed by atoms with E-state index in [1.165, 1.54) is 5.56 Å². The Hall–Kier alpha value is -1.81. The van der Waals surface area contributed by atoms with Crippen LogP contribution < -0.4 is 10.1 Å². The van der Waals surface area contributed by atoms with Gasteiger partial charge in [0.15, 0.2) is 0 Å². The molecule has 0 saturated heterocycles. The van der Waals surface area contributed by atoms with E-state index in [0.717, 1.165) is 25.4 Å². The lowest BCUT2D eigenvalue weighted by atomic mass is 10.2. The first-order valence-corrected chi connectivity index (χ1v) is 5.69. The predicted molar refractivity (Wildman–Crippen MR) is 66.9 cm³/mol. The Labute approximate surface area is 101 Å². The number of nitrogens with zero attached hydrogens (tertiary/aromatic N) is 2. The zero-order valence-corrected chi connectivity index (χ0v) is 9.97. The molecule has 2 rings (SSSR count). The minimum absolute atomic E-state index is 0.866. The first-order chi connectivity index (χ1) is 8.38. The number of hydrogen-bond acceptors (Lipinski definition) is 3. The molecule has 0 aliphatic heterocycles. The molecule has 0 spiro atoms. The van der Waals surface area contributed by atoms with Gasteiger partial charge >= 0.3 is 0 Å². The molecule has 1 aromatic heterocycles. The molecule has 0 unspecified atom stereocenters. The summed E-state index contributed by atoms with van der Waals surface area (Å²) in [4.78, 5) is 0. The van der Waals surface area contributed by atoms with Gasteiger partial charge in [0.05, 0.1) is 13.7 Å². The standard InChI is InChI=1S/C13H17N3O/c1-17-13-5-3-12(4-6-13)11-14-8-10-16-9-2-7-15-16/h2-7,9,14H,8,10-11H2,1H3. The number of benzene rings is 1. The average Bonchev–Trinajstić information content (AvgIpc) is 2.88. The minimum atomic E-state index is 0.866. The third-order valence-electron chi connectivity index (χ3n) is 2.57. The number of hydrogen-bond donors (Lipinski definition) is 1. The van der Waals surface area contributed by atoms with Gasteiger partial charge < -0.3 is 10.1 Å². The molecule has 0 aliphatic carbocycles. The SMILES string of the molecule is COc1ccc(CNCCn2cccn2)cc1. The van der Waals surface area contributed by atoms with Crippen molar-refractivity contribution >= 4 is 0 Å². The molecule has 2 aromatic rings. The van der Waals surface area contributed by atoms with Gasteiger partial charge in [-0.25, -0.2) is 0 Å². The second-order valence-corrected chi connectivity index (χ2v) is 3.79. The number of ether oxygens (including phenoxy) is 1. The average molecular weight is 231 g/mol. The lowest BCUT2D eigenvalue weighted by Gasteiger charge is -2.06. The summed E-state index contributed by atoms with van der Waals surface area (Å²) in [7, 11) is 1.68. The maximum atomic E-state index is 5.11. The van der Waals surface area contributed by atoms with Gasteiger partial charge in [0.25, 0.3) is 0 Å². The zero-order chi connectivity index (χ0) is 11.9. The minimum Gasteiger partial charge on any atom is -0.497 e. The molecule has 4 heteroatoms. The van der Waals surface area contributed by atoms with Gasteiger partial charge in [0.1, 0.15) is 5.75 Å². The fourth-order valence-electron chi connectivity index (χ4n) is 1.60. The largest absolute Gasteiger partial charge is 0.497 e. The zero-order valence-electron chi connectivity index (χ0n) is 9.97. The maximum absolute atomic E-state index is 5.11. The summed E-state index contributed by atoms with van der Waals surface area (Å²) < 4.78 is 7.03. The molecule has 1 aromatic carbocycles. The molecule has 0 fully saturated rings. The molecule has 1 N–H and O–H groups in total. The fourth-order valence-corrected chi connectivity index (χ4v) is 1.60. The third-order valence-corrected chi connectivity index (χ3v) is 2.57. The molecule has 0 aliphatic rings. The highest BCUT2D eigenvalue weighted by Gasteiger charge is 1.94. The van der Waals surface area contributed by atoms with Gasteiger partial charge in [-0.2, -0.15) is 5.10 Å². The molecule has 0 radical (unpaired) electrons. The van der Waals surface area contributed by atoms with Gasteiger partial charge in [-0.3, -0.25) is 4.68 Å². The summed E-state index contributed by atoms with van der Waals surface area (Å²) >= 11 is 0. The van der Waals surface area contributed by atoms with E-state index >= 15 is 0 Å². The van der Waals surface area contributed by atoms with Crippen molar-refractivity contribution in [3.8, 4) is 5.75 Å². The predicted octanol–water partition coefficient (Wildman–Crippen LogP) is 1.68. The van der Waals surface area contributed by atoms with Crippen LogP contribution in [0.25, 0.3) is 0 Å². The van der Waals surface area contributed by atoms with E-state index < -0.39 is 0 Å². The Balaban J connectivity index is 1.70. The number of methoxy groups -OCH3 is 1. The van der Waals surface area contributed by atoms with Crippen molar-refractivity contribution in [3.05, 3.63) is 48.3 Å². The smallest absolute Gasteiger partial charge is 0.118 e. The molecular weight excluding hydrogens is 214 g/mol. The molecular formula is C13H17N3O. The van der Waals surface area contributed by atoms with Crippen molar-refractivity contribution in [1.29, 1.82) is 0 Å². The highest BCUT2D eigenvalue weighted by molar-refractivity contribution is 5.26. The highest BCUT2D eigenvalue weighted by Crippen LogP contribution is 2.10. The van der Waals surface area contributed by atoms with Crippen LogP contribution in [0.4, 0.5) is 0 Å². The van der Waals surface area contributed by atoms with Crippen molar-refractivity contribution in [3.63, 3.8) is 0 Å². The van der Waals surface area contributed by atoms with Gasteiger partial charge in [-0.1, -0.05) is 12.1 Å². The van der Waals surface area contributed by atoms with Crippen molar-refractivity contribution < 1.29 is 4.74 Å². The van der Waals surface area contributed by atoms with E-state index in [2.05, 4.69) is 22.5 Å². The Bertz CT molecular complexity index is 422. The summed E-state index contributed by atoms with van der Waals surface area (Å²) in [6.45, 7) is 2.67. The number of aromatic nitrogens is 2. The third kappa shape index (κ3) is 3.60. The van der Waals surface area contributed by atoms with Crippen LogP contribution in [0.2, 0.25) is 0 Å². The van der Waals surface area contributed by atoms with Crippen LogP contribution in [0.15, 0.2) is 42.7 Å². The van der Waals surface area contributed by atoms with Gasteiger partial charge in [0.2, 0.25) is 0 Å². The van der Waals surface area contributed by atoms with Crippen LogP contribution in [-0.4, -0.2) is 23.4 Å². The van der Waals surface area contributed by atoms with Gasteiger partial charge in [0, 0.05) is 25.5 Å². The number of rotatable bonds is 6. The van der Waals surface area contributed by atoms with Crippen molar-refractivity contribution in [2.24, 2.45) is 0 Å². The van der Waals surface area contributed by atoms with Crippen LogP contribution in [0.5, 0.6) is 5.75 Å². The van der Waals surface area contributed by atoms with Crippen LogP contribution in [0.1, 0.15) is 5.56 Å². The monoisotopic (exact) mass is 231 g/mol. The highest BCUT2D eigenvalue weighted by atomic mass is 16.5. The van der Waals surface area contributed by atoms with Crippen LogP contribution in [-0.2, 0) is 13.1 Å². The molecule has 4 nitrogen and oxygen atoms in total. The first kappa shape index (κ1) is 11.7. The van der Waals surface area contributed by atoms with Crippen molar-refractivity contribution in [1.82, 2.24) is 15.1 Å². The van der Waals surface area contributed by atoms with E-state index in [0.29, 0.717) is 0 Å². The number of nitrogens with one attached hydrogen (secondary N) is 1. The Kier molecular flexibility index (Phi) is 4.16. The first-order valence-electron chi connectivity index (χ1n) is 5.69. The summed E-state index contributed by atoms with van der Waals surface area (Å²) in [5, 5.41) is 7.52. The lowest BCUT2D eigenvalue weighted by molar-refractivity contribution is 0.414. The Morgan fingerprint density at radius 1 is 1.29 bits per heavy atom. The Morgan fingerprint density at radius 3 is 2.76 bits per heavy atom. The van der Waals surface area contributed by atoms with E-state index in [4.69, 9.17) is 4.74 Å². The van der Waals surface area contributed by atoms with E-state index in [9.17, 15) is 0 Å². The molecule has 0 amide bonds. The molecule has 1 heterocycles. The summed E-state index contributed by atoms with van der Waals surface area (Å²) in [6, 6.07) is 10.0. The second-order valence-electron chi connectivity index (χ2n) is 3.79. The normalized spacial score (nSPS) is 10.4. The molecule has 17 heavy (non-hydrogen) atoms. The van der Waals surface area contributed by atoms with Crippen LogP contribution >= 0.6 is 0 Å². The molecule has 0 saturated carbocycles. The molecule has 0 bridgehead atoms. The maximum Gasteiger partial charge on any atom is 0.118 e. The second kappa shape index (κ2) is 6.06. The van der Waals surface area contributed by atoms with Gasteiger partial charge in [-0.15, -0.1) is 0 Å². The fraction of sp³-hybridized carbons (Fsp3) is 0.308.